The molecular formula is C15H19FN2O2. The molecule has 0 aliphatic carbocycles. The highest BCUT2D eigenvalue weighted by Gasteiger charge is 2.36. The second-order valence-electron chi connectivity index (χ2n) is 5.16. The van der Waals surface area contributed by atoms with Crippen molar-refractivity contribution in [3.63, 3.8) is 0 Å². The zero-order valence-corrected chi connectivity index (χ0v) is 12.2. The Hall–Kier alpha value is -1.91. The van der Waals surface area contributed by atoms with Gasteiger partial charge in [-0.25, -0.2) is 9.37 Å². The van der Waals surface area contributed by atoms with Gasteiger partial charge < -0.3 is 9.30 Å². The van der Waals surface area contributed by atoms with Crippen LogP contribution in [-0.2, 0) is 21.5 Å². The number of benzene rings is 1. The van der Waals surface area contributed by atoms with Crippen LogP contribution in [0.2, 0.25) is 0 Å². The predicted molar refractivity (Wildman–Crippen MR) is 75.0 cm³/mol. The first-order chi connectivity index (χ1) is 9.41. The number of ether oxygens (including phenoxy) is 1. The lowest BCUT2D eigenvalue weighted by atomic mass is 9.92. The van der Waals surface area contributed by atoms with E-state index in [1.54, 1.807) is 26.8 Å². The van der Waals surface area contributed by atoms with Gasteiger partial charge in [-0.2, -0.15) is 0 Å². The highest BCUT2D eigenvalue weighted by atomic mass is 19.1. The molecule has 0 atom stereocenters. The summed E-state index contributed by atoms with van der Waals surface area (Å²) in [5, 5.41) is 0. The monoisotopic (exact) mass is 278 g/mol. The topological polar surface area (TPSA) is 44.1 Å². The van der Waals surface area contributed by atoms with Crippen molar-refractivity contribution in [1.82, 2.24) is 9.55 Å². The summed E-state index contributed by atoms with van der Waals surface area (Å²) in [6.45, 7) is 8.19. The van der Waals surface area contributed by atoms with Crippen molar-refractivity contribution in [2.24, 2.45) is 0 Å². The van der Waals surface area contributed by atoms with Gasteiger partial charge in [0.05, 0.1) is 17.6 Å². The van der Waals surface area contributed by atoms with Gasteiger partial charge in [0, 0.05) is 6.54 Å². The van der Waals surface area contributed by atoms with Crippen LogP contribution in [0.3, 0.4) is 0 Å². The van der Waals surface area contributed by atoms with Crippen molar-refractivity contribution in [3.8, 4) is 0 Å². The number of aromatic nitrogens is 2. The molecule has 1 aromatic carbocycles. The Bertz CT molecular complexity index is 647. The fourth-order valence-electron chi connectivity index (χ4n) is 2.30. The molecule has 0 spiro atoms. The fraction of sp³-hybridized carbons (Fsp3) is 0.467. The van der Waals surface area contributed by atoms with Crippen LogP contribution in [0.1, 0.15) is 33.5 Å². The van der Waals surface area contributed by atoms with Crippen molar-refractivity contribution in [1.29, 1.82) is 0 Å². The molecule has 4 nitrogen and oxygen atoms in total. The second kappa shape index (κ2) is 5.23. The van der Waals surface area contributed by atoms with Crippen LogP contribution >= 0.6 is 0 Å². The Balaban J connectivity index is 2.62. The molecule has 0 unspecified atom stereocenters. The molecule has 2 aromatic rings. The normalized spacial score (nSPS) is 11.8. The molecule has 0 N–H and O–H groups in total. The Morgan fingerprint density at radius 3 is 2.70 bits per heavy atom. The first-order valence-corrected chi connectivity index (χ1v) is 6.75. The van der Waals surface area contributed by atoms with E-state index in [9.17, 15) is 9.18 Å². The van der Waals surface area contributed by atoms with Gasteiger partial charge in [0.2, 0.25) is 0 Å². The van der Waals surface area contributed by atoms with E-state index >= 15 is 0 Å². The van der Waals surface area contributed by atoms with E-state index in [4.69, 9.17) is 4.74 Å². The molecule has 5 heteroatoms. The summed E-state index contributed by atoms with van der Waals surface area (Å²) in [5.74, 6) is -0.0443. The minimum Gasteiger partial charge on any atom is -0.465 e. The molecule has 0 radical (unpaired) electrons. The van der Waals surface area contributed by atoms with Gasteiger partial charge in [-0.3, -0.25) is 4.79 Å². The maximum atomic E-state index is 13.4. The number of esters is 1. The first kappa shape index (κ1) is 14.5. The zero-order valence-electron chi connectivity index (χ0n) is 12.2. The van der Waals surface area contributed by atoms with Gasteiger partial charge in [-0.05, 0) is 45.9 Å². The number of halogens is 1. The van der Waals surface area contributed by atoms with E-state index in [0.717, 1.165) is 0 Å². The number of hydrogen-bond acceptors (Lipinski definition) is 3. The minimum absolute atomic E-state index is 0.312. The van der Waals surface area contributed by atoms with Crippen LogP contribution in [0, 0.1) is 5.82 Å². The van der Waals surface area contributed by atoms with Crippen LogP contribution in [0.5, 0.6) is 0 Å². The summed E-state index contributed by atoms with van der Waals surface area (Å²) in [6, 6.07) is 4.44. The van der Waals surface area contributed by atoms with E-state index < -0.39 is 5.41 Å². The molecule has 0 amide bonds. The van der Waals surface area contributed by atoms with E-state index in [0.29, 0.717) is 30.0 Å². The van der Waals surface area contributed by atoms with Gasteiger partial charge >= 0.3 is 5.97 Å². The average molecular weight is 278 g/mol. The lowest BCUT2D eigenvalue weighted by Gasteiger charge is -2.22. The Morgan fingerprint density at radius 2 is 2.10 bits per heavy atom. The molecule has 0 saturated carbocycles. The Morgan fingerprint density at radius 1 is 1.40 bits per heavy atom. The summed E-state index contributed by atoms with van der Waals surface area (Å²) in [4.78, 5) is 16.6. The molecule has 0 aliphatic heterocycles. The third-order valence-corrected chi connectivity index (χ3v) is 3.37. The van der Waals surface area contributed by atoms with Crippen molar-refractivity contribution in [3.05, 3.63) is 29.8 Å². The van der Waals surface area contributed by atoms with Crippen LogP contribution in [0.25, 0.3) is 11.0 Å². The number of aryl methyl sites for hydroxylation is 1. The first-order valence-electron chi connectivity index (χ1n) is 6.75. The van der Waals surface area contributed by atoms with E-state index in [2.05, 4.69) is 4.98 Å². The maximum absolute atomic E-state index is 13.4. The molecule has 108 valence electrons. The average Bonchev–Trinajstić information content (AvgIpc) is 2.77. The third kappa shape index (κ3) is 2.28. The number of nitrogens with zero attached hydrogens (tertiary/aromatic N) is 2. The summed E-state index contributed by atoms with van der Waals surface area (Å²) < 4.78 is 20.4. The largest absolute Gasteiger partial charge is 0.465 e. The van der Waals surface area contributed by atoms with Gasteiger partial charge in [0.25, 0.3) is 0 Å². The number of carbonyl (C=O) groups is 1. The summed E-state index contributed by atoms with van der Waals surface area (Å²) in [6.07, 6.45) is 0. The highest BCUT2D eigenvalue weighted by Crippen LogP contribution is 2.28. The number of rotatable bonds is 4. The molecule has 0 bridgehead atoms. The number of imidazole rings is 1. The van der Waals surface area contributed by atoms with Crippen LogP contribution < -0.4 is 0 Å². The standard InChI is InChI=1S/C15H19FN2O2/c1-5-18-12-9-10(16)7-8-11(12)17-13(18)15(3,4)14(19)20-6-2/h7-9H,5-6H2,1-4H3. The maximum Gasteiger partial charge on any atom is 0.319 e. The van der Waals surface area contributed by atoms with Gasteiger partial charge in [0.15, 0.2) is 0 Å². The molecule has 0 fully saturated rings. The molecule has 1 aromatic heterocycles. The van der Waals surface area contributed by atoms with Crippen molar-refractivity contribution in [2.75, 3.05) is 6.61 Å². The van der Waals surface area contributed by atoms with E-state index in [1.807, 2.05) is 11.5 Å². The van der Waals surface area contributed by atoms with Crippen LogP contribution in [-0.4, -0.2) is 22.1 Å². The van der Waals surface area contributed by atoms with Crippen LogP contribution in [0.4, 0.5) is 4.39 Å². The van der Waals surface area contributed by atoms with Gasteiger partial charge in [0.1, 0.15) is 17.1 Å². The van der Waals surface area contributed by atoms with Gasteiger partial charge in [-0.1, -0.05) is 0 Å². The second-order valence-corrected chi connectivity index (χ2v) is 5.16. The van der Waals surface area contributed by atoms with Crippen molar-refractivity contribution in [2.45, 2.75) is 39.7 Å². The fourth-order valence-corrected chi connectivity index (χ4v) is 2.30. The number of carbonyl (C=O) groups excluding carboxylic acids is 1. The Labute approximate surface area is 117 Å². The third-order valence-electron chi connectivity index (χ3n) is 3.37. The minimum atomic E-state index is -0.873. The molecule has 20 heavy (non-hydrogen) atoms. The smallest absolute Gasteiger partial charge is 0.319 e. The predicted octanol–water partition coefficient (Wildman–Crippen LogP) is 3.04. The Kier molecular flexibility index (Phi) is 3.79. The molecular weight excluding hydrogens is 259 g/mol. The van der Waals surface area contributed by atoms with Gasteiger partial charge in [-0.15, -0.1) is 0 Å². The molecule has 2 rings (SSSR count). The zero-order chi connectivity index (χ0) is 14.9. The van der Waals surface area contributed by atoms with Crippen molar-refractivity contribution < 1.29 is 13.9 Å². The lowest BCUT2D eigenvalue weighted by molar-refractivity contribution is -0.149. The summed E-state index contributed by atoms with van der Waals surface area (Å²) in [7, 11) is 0. The molecule has 1 heterocycles. The SMILES string of the molecule is CCOC(=O)C(C)(C)c1nc2ccc(F)cc2n1CC. The van der Waals surface area contributed by atoms with Crippen LogP contribution in [0.15, 0.2) is 18.2 Å². The lowest BCUT2D eigenvalue weighted by Crippen LogP contribution is -2.34. The number of hydrogen-bond donors (Lipinski definition) is 0. The molecule has 0 saturated heterocycles. The number of fused-ring (bicyclic) bond motifs is 1. The van der Waals surface area contributed by atoms with Crippen molar-refractivity contribution >= 4 is 17.0 Å². The van der Waals surface area contributed by atoms with E-state index in [1.165, 1.54) is 12.1 Å². The summed E-state index contributed by atoms with van der Waals surface area (Å²) in [5.41, 5.74) is 0.502. The quantitative estimate of drug-likeness (QED) is 0.807. The summed E-state index contributed by atoms with van der Waals surface area (Å²) >= 11 is 0. The van der Waals surface area contributed by atoms with E-state index in [-0.39, 0.29) is 11.8 Å². The highest BCUT2D eigenvalue weighted by molar-refractivity contribution is 5.84. The molecule has 0 aliphatic rings.